The van der Waals surface area contributed by atoms with Gasteiger partial charge in [0.2, 0.25) is 10.0 Å². The van der Waals surface area contributed by atoms with Crippen molar-refractivity contribution in [3.8, 4) is 5.75 Å². The third-order valence-corrected chi connectivity index (χ3v) is 5.27. The molecule has 0 aliphatic carbocycles. The van der Waals surface area contributed by atoms with Gasteiger partial charge in [-0.3, -0.25) is 4.98 Å². The van der Waals surface area contributed by atoms with E-state index in [4.69, 9.17) is 0 Å². The summed E-state index contributed by atoms with van der Waals surface area (Å²) in [4.78, 5) is 4.06. The number of phenolic OH excluding ortho intramolecular Hbond substituents is 1. The van der Waals surface area contributed by atoms with E-state index >= 15 is 0 Å². The van der Waals surface area contributed by atoms with Crippen LogP contribution in [0, 0.1) is 0 Å². The monoisotopic (exact) mass is 290 g/mol. The Labute approximate surface area is 117 Å². The third-order valence-electron chi connectivity index (χ3n) is 3.44. The normalized spacial score (nSPS) is 15.8. The number of aromatic nitrogens is 1. The van der Waals surface area contributed by atoms with E-state index in [1.165, 1.54) is 10.5 Å². The van der Waals surface area contributed by atoms with Crippen molar-refractivity contribution in [1.29, 1.82) is 0 Å². The van der Waals surface area contributed by atoms with Gasteiger partial charge in [0, 0.05) is 25.5 Å². The number of hydrogen-bond acceptors (Lipinski definition) is 4. The minimum absolute atomic E-state index is 0.157. The maximum Gasteiger partial charge on any atom is 0.244 e. The Kier molecular flexibility index (Phi) is 3.19. The van der Waals surface area contributed by atoms with E-state index in [2.05, 4.69) is 4.98 Å². The fraction of sp³-hybridized carbons (Fsp3) is 0.214. The molecule has 20 heavy (non-hydrogen) atoms. The molecular formula is C14H14N2O3S. The molecule has 1 aliphatic rings. The summed E-state index contributed by atoms with van der Waals surface area (Å²) in [6.45, 7) is 0.718. The highest BCUT2D eigenvalue weighted by Gasteiger charge is 2.28. The molecule has 1 N–H and O–H groups in total. The van der Waals surface area contributed by atoms with E-state index in [1.54, 1.807) is 30.5 Å². The van der Waals surface area contributed by atoms with Crippen LogP contribution in [0.2, 0.25) is 0 Å². The number of benzene rings is 1. The van der Waals surface area contributed by atoms with E-state index in [0.29, 0.717) is 13.0 Å². The molecule has 0 bridgehead atoms. The lowest BCUT2D eigenvalue weighted by atomic mass is 10.0. The van der Waals surface area contributed by atoms with Gasteiger partial charge in [-0.2, -0.15) is 4.31 Å². The smallest absolute Gasteiger partial charge is 0.244 e. The number of fused-ring (bicyclic) bond motifs is 1. The second-order valence-corrected chi connectivity index (χ2v) is 6.67. The second kappa shape index (κ2) is 4.88. The van der Waals surface area contributed by atoms with E-state index in [1.807, 2.05) is 6.07 Å². The fourth-order valence-electron chi connectivity index (χ4n) is 2.37. The maximum atomic E-state index is 12.5. The van der Waals surface area contributed by atoms with Crippen LogP contribution in [0.3, 0.4) is 0 Å². The zero-order valence-corrected chi connectivity index (χ0v) is 11.5. The average molecular weight is 290 g/mol. The van der Waals surface area contributed by atoms with Crippen LogP contribution in [0.15, 0.2) is 47.6 Å². The van der Waals surface area contributed by atoms with Crippen molar-refractivity contribution in [2.45, 2.75) is 17.9 Å². The fourth-order valence-corrected chi connectivity index (χ4v) is 3.75. The van der Waals surface area contributed by atoms with Gasteiger partial charge < -0.3 is 5.11 Å². The van der Waals surface area contributed by atoms with E-state index < -0.39 is 10.0 Å². The summed E-state index contributed by atoms with van der Waals surface area (Å²) in [5, 5.41) is 9.52. The number of nitrogens with zero attached hydrogens (tertiary/aromatic N) is 2. The molecule has 0 unspecified atom stereocenters. The van der Waals surface area contributed by atoms with Crippen molar-refractivity contribution in [1.82, 2.24) is 9.29 Å². The van der Waals surface area contributed by atoms with Crippen molar-refractivity contribution in [2.75, 3.05) is 6.54 Å². The molecule has 2 aromatic rings. The number of phenols is 1. The topological polar surface area (TPSA) is 70.5 Å². The third kappa shape index (κ3) is 2.28. The van der Waals surface area contributed by atoms with E-state index in [9.17, 15) is 13.5 Å². The molecule has 0 spiro atoms. The Balaban J connectivity index is 1.94. The highest BCUT2D eigenvalue weighted by atomic mass is 32.2. The van der Waals surface area contributed by atoms with Crippen LogP contribution in [0.25, 0.3) is 0 Å². The molecule has 0 saturated heterocycles. The predicted molar refractivity (Wildman–Crippen MR) is 73.6 cm³/mol. The molecule has 0 atom stereocenters. The first kappa shape index (κ1) is 13.1. The Bertz CT molecular complexity index is 729. The molecule has 6 heteroatoms. The maximum absolute atomic E-state index is 12.5. The quantitative estimate of drug-likeness (QED) is 0.910. The minimum atomic E-state index is -3.53. The van der Waals surface area contributed by atoms with Crippen molar-refractivity contribution in [3.63, 3.8) is 0 Å². The molecule has 104 valence electrons. The van der Waals surface area contributed by atoms with Crippen molar-refractivity contribution in [3.05, 3.63) is 53.9 Å². The molecule has 0 amide bonds. The number of aromatic hydroxyl groups is 1. The lowest BCUT2D eigenvalue weighted by molar-refractivity contribution is 0.388. The summed E-state index contributed by atoms with van der Waals surface area (Å²) >= 11 is 0. The Morgan fingerprint density at radius 2 is 2.05 bits per heavy atom. The molecule has 3 rings (SSSR count). The van der Waals surface area contributed by atoms with Crippen LogP contribution < -0.4 is 0 Å². The SMILES string of the molecule is O=S(=O)(c1cccnc1)N1CCc2ccc(O)cc2C1. The molecule has 0 saturated carbocycles. The highest BCUT2D eigenvalue weighted by molar-refractivity contribution is 7.89. The zero-order chi connectivity index (χ0) is 14.2. The molecule has 1 aromatic carbocycles. The number of rotatable bonds is 2. The number of pyridine rings is 1. The van der Waals surface area contributed by atoms with Gasteiger partial charge in [0.05, 0.1) is 0 Å². The summed E-state index contributed by atoms with van der Waals surface area (Å²) < 4.78 is 26.4. The van der Waals surface area contributed by atoms with Gasteiger partial charge in [0.15, 0.2) is 0 Å². The van der Waals surface area contributed by atoms with Crippen molar-refractivity contribution >= 4 is 10.0 Å². The van der Waals surface area contributed by atoms with E-state index in [-0.39, 0.29) is 17.2 Å². The van der Waals surface area contributed by atoms with Gasteiger partial charge >= 0.3 is 0 Å². The molecular weight excluding hydrogens is 276 g/mol. The summed E-state index contributed by atoms with van der Waals surface area (Å²) in [6, 6.07) is 8.25. The molecule has 1 aromatic heterocycles. The van der Waals surface area contributed by atoms with Crippen LogP contribution in [0.4, 0.5) is 0 Å². The van der Waals surface area contributed by atoms with Crippen molar-refractivity contribution in [2.24, 2.45) is 0 Å². The second-order valence-electron chi connectivity index (χ2n) is 4.73. The van der Waals surface area contributed by atoms with Gasteiger partial charge in [-0.15, -0.1) is 0 Å². The van der Waals surface area contributed by atoms with Gasteiger partial charge in [0.1, 0.15) is 10.6 Å². The van der Waals surface area contributed by atoms with Crippen LogP contribution in [-0.2, 0) is 23.0 Å². The summed E-state index contributed by atoms with van der Waals surface area (Å²) in [5.41, 5.74) is 1.93. The lowest BCUT2D eigenvalue weighted by Crippen LogP contribution is -2.35. The average Bonchev–Trinajstić information content (AvgIpc) is 2.47. The van der Waals surface area contributed by atoms with Crippen LogP contribution >= 0.6 is 0 Å². The molecule has 5 nitrogen and oxygen atoms in total. The summed E-state index contributed by atoms with van der Waals surface area (Å²) in [7, 11) is -3.53. The van der Waals surface area contributed by atoms with Crippen LogP contribution in [0.1, 0.15) is 11.1 Å². The van der Waals surface area contributed by atoms with Gasteiger partial charge in [-0.05, 0) is 41.8 Å². The molecule has 1 aliphatic heterocycles. The first-order chi connectivity index (χ1) is 9.57. The Morgan fingerprint density at radius 1 is 1.20 bits per heavy atom. The summed E-state index contributed by atoms with van der Waals surface area (Å²) in [6.07, 6.45) is 3.55. The first-order valence-corrected chi connectivity index (χ1v) is 7.72. The van der Waals surface area contributed by atoms with Gasteiger partial charge in [-0.1, -0.05) is 6.07 Å². The van der Waals surface area contributed by atoms with Gasteiger partial charge in [0.25, 0.3) is 0 Å². The number of sulfonamides is 1. The number of hydrogen-bond donors (Lipinski definition) is 1. The van der Waals surface area contributed by atoms with Crippen LogP contribution in [-0.4, -0.2) is 29.4 Å². The molecule has 0 radical (unpaired) electrons. The van der Waals surface area contributed by atoms with E-state index in [0.717, 1.165) is 11.1 Å². The molecule has 2 heterocycles. The zero-order valence-electron chi connectivity index (χ0n) is 10.7. The lowest BCUT2D eigenvalue weighted by Gasteiger charge is -2.28. The Morgan fingerprint density at radius 3 is 2.80 bits per heavy atom. The Hall–Kier alpha value is -1.92. The van der Waals surface area contributed by atoms with Gasteiger partial charge in [-0.25, -0.2) is 8.42 Å². The van der Waals surface area contributed by atoms with Crippen molar-refractivity contribution < 1.29 is 13.5 Å². The highest BCUT2D eigenvalue weighted by Crippen LogP contribution is 2.26. The summed E-state index contributed by atoms with van der Waals surface area (Å²) in [5.74, 6) is 0.157. The largest absolute Gasteiger partial charge is 0.508 e. The standard InChI is InChI=1S/C14H14N2O3S/c17-13-4-3-11-5-7-16(10-12(11)8-13)20(18,19)14-2-1-6-15-9-14/h1-4,6,8-9,17H,5,7,10H2. The van der Waals surface area contributed by atoms with Crippen LogP contribution in [0.5, 0.6) is 5.75 Å². The molecule has 0 fully saturated rings. The first-order valence-electron chi connectivity index (χ1n) is 6.28. The minimum Gasteiger partial charge on any atom is -0.508 e. The predicted octanol–water partition coefficient (Wildman–Crippen LogP) is 1.53.